The van der Waals surface area contributed by atoms with E-state index < -0.39 is 0 Å². The predicted octanol–water partition coefficient (Wildman–Crippen LogP) is 2.68. The van der Waals surface area contributed by atoms with Crippen LogP contribution in [0.2, 0.25) is 0 Å². The SMILES string of the molecule is C=C(C)CNC(CN)c1cc(Br)cs1. The number of thiophene rings is 1. The van der Waals surface area contributed by atoms with Gasteiger partial charge in [0.1, 0.15) is 0 Å². The Kier molecular flexibility index (Phi) is 4.81. The largest absolute Gasteiger partial charge is 0.329 e. The van der Waals surface area contributed by atoms with Gasteiger partial charge in [0, 0.05) is 27.8 Å². The summed E-state index contributed by atoms with van der Waals surface area (Å²) in [6, 6.07) is 2.34. The van der Waals surface area contributed by atoms with E-state index in [-0.39, 0.29) is 6.04 Å². The van der Waals surface area contributed by atoms with E-state index in [4.69, 9.17) is 5.73 Å². The second-order valence-electron chi connectivity index (χ2n) is 3.29. The summed E-state index contributed by atoms with van der Waals surface area (Å²) in [6.07, 6.45) is 0. The van der Waals surface area contributed by atoms with Gasteiger partial charge in [0.15, 0.2) is 0 Å². The summed E-state index contributed by atoms with van der Waals surface area (Å²) < 4.78 is 1.12. The third kappa shape index (κ3) is 3.53. The summed E-state index contributed by atoms with van der Waals surface area (Å²) in [7, 11) is 0. The summed E-state index contributed by atoms with van der Waals surface area (Å²) in [5.41, 5.74) is 6.82. The molecule has 0 saturated heterocycles. The molecule has 0 saturated carbocycles. The fraction of sp³-hybridized carbons (Fsp3) is 0.400. The fourth-order valence-electron chi connectivity index (χ4n) is 1.11. The highest BCUT2D eigenvalue weighted by Gasteiger charge is 2.10. The van der Waals surface area contributed by atoms with Crippen LogP contribution >= 0.6 is 27.3 Å². The van der Waals surface area contributed by atoms with Gasteiger partial charge in [-0.1, -0.05) is 12.2 Å². The first-order valence-electron chi connectivity index (χ1n) is 4.45. The van der Waals surface area contributed by atoms with Crippen LogP contribution in [-0.4, -0.2) is 13.1 Å². The van der Waals surface area contributed by atoms with Crippen molar-refractivity contribution in [2.75, 3.05) is 13.1 Å². The molecule has 2 nitrogen and oxygen atoms in total. The lowest BCUT2D eigenvalue weighted by Crippen LogP contribution is -2.28. The number of hydrogen-bond acceptors (Lipinski definition) is 3. The van der Waals surface area contributed by atoms with E-state index in [1.165, 1.54) is 4.88 Å². The van der Waals surface area contributed by atoms with E-state index in [0.717, 1.165) is 16.6 Å². The molecule has 0 amide bonds. The third-order valence-corrected chi connectivity index (χ3v) is 3.62. The number of hydrogen-bond donors (Lipinski definition) is 2. The normalized spacial score (nSPS) is 12.8. The molecule has 0 aliphatic rings. The lowest BCUT2D eigenvalue weighted by atomic mass is 10.2. The molecule has 1 rings (SSSR count). The highest BCUT2D eigenvalue weighted by atomic mass is 79.9. The zero-order valence-corrected chi connectivity index (χ0v) is 10.6. The Hall–Kier alpha value is -0.160. The Morgan fingerprint density at radius 1 is 1.79 bits per heavy atom. The van der Waals surface area contributed by atoms with Crippen molar-refractivity contribution in [2.45, 2.75) is 13.0 Å². The molecular formula is C10H15BrN2S. The minimum Gasteiger partial charge on any atom is -0.329 e. The highest BCUT2D eigenvalue weighted by molar-refractivity contribution is 9.10. The molecular weight excluding hydrogens is 260 g/mol. The molecule has 0 radical (unpaired) electrons. The van der Waals surface area contributed by atoms with Gasteiger partial charge in [-0.25, -0.2) is 0 Å². The first-order valence-corrected chi connectivity index (χ1v) is 6.12. The van der Waals surface area contributed by atoms with Gasteiger partial charge in [0.05, 0.1) is 6.04 Å². The van der Waals surface area contributed by atoms with Crippen LogP contribution < -0.4 is 11.1 Å². The Labute approximate surface area is 97.3 Å². The van der Waals surface area contributed by atoms with Crippen LogP contribution in [0, 0.1) is 0 Å². The van der Waals surface area contributed by atoms with E-state index in [9.17, 15) is 0 Å². The Morgan fingerprint density at radius 2 is 2.50 bits per heavy atom. The standard InChI is InChI=1S/C10H15BrN2S/c1-7(2)5-13-9(4-12)10-3-8(11)6-14-10/h3,6,9,13H,1,4-5,12H2,2H3. The van der Waals surface area contributed by atoms with Gasteiger partial charge in [-0.2, -0.15) is 0 Å². The van der Waals surface area contributed by atoms with E-state index >= 15 is 0 Å². The number of rotatable bonds is 5. The van der Waals surface area contributed by atoms with Gasteiger partial charge in [-0.3, -0.25) is 0 Å². The van der Waals surface area contributed by atoms with Crippen molar-refractivity contribution in [3.05, 3.63) is 32.9 Å². The Morgan fingerprint density at radius 3 is 2.93 bits per heavy atom. The Bertz CT molecular complexity index is 309. The smallest absolute Gasteiger partial charge is 0.0542 e. The second-order valence-corrected chi connectivity index (χ2v) is 5.15. The van der Waals surface area contributed by atoms with Crippen molar-refractivity contribution in [1.82, 2.24) is 5.32 Å². The quantitative estimate of drug-likeness (QED) is 0.811. The molecule has 78 valence electrons. The molecule has 1 aromatic heterocycles. The van der Waals surface area contributed by atoms with Crippen molar-refractivity contribution in [3.63, 3.8) is 0 Å². The zero-order valence-electron chi connectivity index (χ0n) is 8.22. The summed E-state index contributed by atoms with van der Waals surface area (Å²) in [5.74, 6) is 0. The van der Waals surface area contributed by atoms with Crippen molar-refractivity contribution in [2.24, 2.45) is 5.73 Å². The molecule has 0 bridgehead atoms. The van der Waals surface area contributed by atoms with Gasteiger partial charge in [0.25, 0.3) is 0 Å². The van der Waals surface area contributed by atoms with E-state index in [1.807, 2.05) is 6.92 Å². The zero-order chi connectivity index (χ0) is 10.6. The molecule has 0 fully saturated rings. The van der Waals surface area contributed by atoms with Crippen LogP contribution in [0.15, 0.2) is 28.1 Å². The highest BCUT2D eigenvalue weighted by Crippen LogP contribution is 2.25. The van der Waals surface area contributed by atoms with Crippen LogP contribution in [0.1, 0.15) is 17.8 Å². The monoisotopic (exact) mass is 274 g/mol. The van der Waals surface area contributed by atoms with Crippen molar-refractivity contribution in [1.29, 1.82) is 0 Å². The number of nitrogens with one attached hydrogen (secondary N) is 1. The molecule has 1 heterocycles. The molecule has 1 unspecified atom stereocenters. The van der Waals surface area contributed by atoms with E-state index in [1.54, 1.807) is 11.3 Å². The van der Waals surface area contributed by atoms with Crippen LogP contribution in [0.4, 0.5) is 0 Å². The van der Waals surface area contributed by atoms with Gasteiger partial charge < -0.3 is 11.1 Å². The topological polar surface area (TPSA) is 38.0 Å². The van der Waals surface area contributed by atoms with Crippen molar-refractivity contribution >= 4 is 27.3 Å². The van der Waals surface area contributed by atoms with Gasteiger partial charge >= 0.3 is 0 Å². The maximum atomic E-state index is 5.70. The Balaban J connectivity index is 2.58. The summed E-state index contributed by atoms with van der Waals surface area (Å²) in [5, 5.41) is 5.43. The summed E-state index contributed by atoms with van der Waals surface area (Å²) >= 11 is 5.15. The molecule has 1 aromatic rings. The van der Waals surface area contributed by atoms with Crippen LogP contribution in [0.3, 0.4) is 0 Å². The minimum absolute atomic E-state index is 0.239. The maximum absolute atomic E-state index is 5.70. The van der Waals surface area contributed by atoms with E-state index in [0.29, 0.717) is 6.54 Å². The third-order valence-electron chi connectivity index (χ3n) is 1.82. The van der Waals surface area contributed by atoms with Crippen molar-refractivity contribution in [3.8, 4) is 0 Å². The van der Waals surface area contributed by atoms with Crippen LogP contribution in [-0.2, 0) is 0 Å². The second kappa shape index (κ2) is 5.66. The molecule has 0 spiro atoms. The maximum Gasteiger partial charge on any atom is 0.0542 e. The number of halogens is 1. The molecule has 0 aliphatic heterocycles. The average Bonchev–Trinajstić information content (AvgIpc) is 2.53. The minimum atomic E-state index is 0.239. The molecule has 0 aromatic carbocycles. The first kappa shape index (κ1) is 11.9. The molecule has 4 heteroatoms. The van der Waals surface area contributed by atoms with Crippen LogP contribution in [0.25, 0.3) is 0 Å². The van der Waals surface area contributed by atoms with Gasteiger partial charge in [-0.05, 0) is 28.9 Å². The predicted molar refractivity (Wildman–Crippen MR) is 66.6 cm³/mol. The molecule has 3 N–H and O–H groups in total. The van der Waals surface area contributed by atoms with Gasteiger partial charge in [-0.15, -0.1) is 11.3 Å². The summed E-state index contributed by atoms with van der Waals surface area (Å²) in [4.78, 5) is 1.26. The fourth-order valence-corrected chi connectivity index (χ4v) is 2.64. The number of nitrogens with two attached hydrogens (primary N) is 1. The van der Waals surface area contributed by atoms with Crippen molar-refractivity contribution < 1.29 is 0 Å². The lowest BCUT2D eigenvalue weighted by Gasteiger charge is -2.14. The summed E-state index contributed by atoms with van der Waals surface area (Å²) in [6.45, 7) is 7.28. The molecule has 0 aliphatic carbocycles. The first-order chi connectivity index (χ1) is 6.63. The average molecular weight is 275 g/mol. The molecule has 1 atom stereocenters. The van der Waals surface area contributed by atoms with E-state index in [2.05, 4.69) is 39.3 Å². The lowest BCUT2D eigenvalue weighted by molar-refractivity contribution is 0.578. The van der Waals surface area contributed by atoms with Gasteiger partial charge in [0.2, 0.25) is 0 Å². The van der Waals surface area contributed by atoms with Crippen LogP contribution in [0.5, 0.6) is 0 Å². The molecule has 14 heavy (non-hydrogen) atoms.